The Balaban J connectivity index is 2.57. The fraction of sp³-hybridized carbons (Fsp3) is 0.222. The summed E-state index contributed by atoms with van der Waals surface area (Å²) >= 11 is 0. The van der Waals surface area contributed by atoms with Crippen molar-refractivity contribution in [2.24, 2.45) is 0 Å². The number of hydrogen-bond acceptors (Lipinski definition) is 4. The number of carbonyl (C=O) groups excluding carboxylic acids is 2. The second-order valence-corrected chi connectivity index (χ2v) is 5.00. The first-order chi connectivity index (χ1) is 11.0. The minimum Gasteiger partial charge on any atom is -0.465 e. The number of esters is 2. The summed E-state index contributed by atoms with van der Waals surface area (Å²) in [7, 11) is 2.57. The topological polar surface area (TPSA) is 57.5 Å². The average Bonchev–Trinajstić information content (AvgIpc) is 2.83. The smallest absolute Gasteiger partial charge is 0.340 e. The van der Waals surface area contributed by atoms with Gasteiger partial charge in [-0.1, -0.05) is 30.3 Å². The second kappa shape index (κ2) is 6.96. The Labute approximate surface area is 135 Å². The first-order valence-corrected chi connectivity index (χ1v) is 7.12. The van der Waals surface area contributed by atoms with Crippen LogP contribution in [0.5, 0.6) is 0 Å². The maximum Gasteiger partial charge on any atom is 0.340 e. The molecule has 1 aromatic carbocycles. The standard InChI is InChI=1S/C18H19NO4/c1-12-15(17(20)22-3)16(18(21)23-4)13(2)19(12)11-10-14-8-6-5-7-9-14/h5-11H,1-4H3/b11-10+. The van der Waals surface area contributed by atoms with Crippen molar-refractivity contribution in [2.75, 3.05) is 14.2 Å². The third-order valence-corrected chi connectivity index (χ3v) is 3.69. The molecule has 0 atom stereocenters. The molecule has 0 aliphatic heterocycles. The molecule has 0 saturated heterocycles. The van der Waals surface area contributed by atoms with E-state index in [1.807, 2.05) is 42.6 Å². The van der Waals surface area contributed by atoms with E-state index in [0.717, 1.165) is 5.56 Å². The van der Waals surface area contributed by atoms with E-state index in [1.165, 1.54) is 14.2 Å². The lowest BCUT2D eigenvalue weighted by Crippen LogP contribution is -2.11. The molecule has 0 fully saturated rings. The highest BCUT2D eigenvalue weighted by molar-refractivity contribution is 6.05. The van der Waals surface area contributed by atoms with Crippen LogP contribution < -0.4 is 0 Å². The summed E-state index contributed by atoms with van der Waals surface area (Å²) in [5, 5.41) is 0. The zero-order valence-electron chi connectivity index (χ0n) is 13.6. The largest absolute Gasteiger partial charge is 0.465 e. The zero-order chi connectivity index (χ0) is 17.0. The van der Waals surface area contributed by atoms with Crippen LogP contribution in [0.1, 0.15) is 37.7 Å². The molecule has 0 radical (unpaired) electrons. The lowest BCUT2D eigenvalue weighted by Gasteiger charge is -2.03. The predicted molar refractivity (Wildman–Crippen MR) is 88.3 cm³/mol. The second-order valence-electron chi connectivity index (χ2n) is 5.00. The molecule has 0 saturated carbocycles. The van der Waals surface area contributed by atoms with E-state index in [4.69, 9.17) is 9.47 Å². The summed E-state index contributed by atoms with van der Waals surface area (Å²) in [6.45, 7) is 3.53. The van der Waals surface area contributed by atoms with Crippen LogP contribution in [-0.4, -0.2) is 30.7 Å². The van der Waals surface area contributed by atoms with Crippen LogP contribution in [-0.2, 0) is 9.47 Å². The Morgan fingerprint density at radius 1 is 0.913 bits per heavy atom. The number of hydrogen-bond donors (Lipinski definition) is 0. The summed E-state index contributed by atoms with van der Waals surface area (Å²) in [6.07, 6.45) is 3.72. The number of carbonyl (C=O) groups is 2. The molecule has 0 bridgehead atoms. The van der Waals surface area contributed by atoms with Gasteiger partial charge >= 0.3 is 11.9 Å². The van der Waals surface area contributed by atoms with Crippen molar-refractivity contribution in [3.8, 4) is 0 Å². The monoisotopic (exact) mass is 313 g/mol. The summed E-state index contributed by atoms with van der Waals surface area (Å²) in [6, 6.07) is 9.75. The molecule has 5 heteroatoms. The van der Waals surface area contributed by atoms with Crippen molar-refractivity contribution < 1.29 is 19.1 Å². The van der Waals surface area contributed by atoms with Crippen LogP contribution in [0.3, 0.4) is 0 Å². The van der Waals surface area contributed by atoms with Crippen LogP contribution >= 0.6 is 0 Å². The van der Waals surface area contributed by atoms with Crippen LogP contribution in [0.25, 0.3) is 12.3 Å². The molecule has 5 nitrogen and oxygen atoms in total. The van der Waals surface area contributed by atoms with Crippen molar-refractivity contribution in [3.63, 3.8) is 0 Å². The Morgan fingerprint density at radius 2 is 1.39 bits per heavy atom. The van der Waals surface area contributed by atoms with Gasteiger partial charge in [0.2, 0.25) is 0 Å². The summed E-state index contributed by atoms with van der Waals surface area (Å²) in [5.74, 6) is -1.12. The molecule has 2 aromatic rings. The zero-order valence-corrected chi connectivity index (χ0v) is 13.6. The quantitative estimate of drug-likeness (QED) is 0.813. The highest BCUT2D eigenvalue weighted by Crippen LogP contribution is 2.25. The van der Waals surface area contributed by atoms with Gasteiger partial charge in [-0.25, -0.2) is 9.59 Å². The maximum atomic E-state index is 12.0. The highest BCUT2D eigenvalue weighted by atomic mass is 16.5. The van der Waals surface area contributed by atoms with E-state index < -0.39 is 11.9 Å². The molecule has 0 spiro atoms. The highest BCUT2D eigenvalue weighted by Gasteiger charge is 2.28. The fourth-order valence-corrected chi connectivity index (χ4v) is 2.51. The Kier molecular flexibility index (Phi) is 5.01. The van der Waals surface area contributed by atoms with E-state index in [0.29, 0.717) is 11.4 Å². The summed E-state index contributed by atoms with van der Waals surface area (Å²) < 4.78 is 11.4. The number of nitrogens with zero attached hydrogens (tertiary/aromatic N) is 1. The van der Waals surface area contributed by atoms with Gasteiger partial charge in [-0.3, -0.25) is 0 Å². The van der Waals surface area contributed by atoms with Gasteiger partial charge < -0.3 is 14.0 Å². The molecule has 1 heterocycles. The first kappa shape index (κ1) is 16.5. The SMILES string of the molecule is COC(=O)c1c(C(=O)OC)c(C)n(/C=C/c2ccccc2)c1C. The van der Waals surface area contributed by atoms with Crippen molar-refractivity contribution in [3.05, 3.63) is 58.4 Å². The predicted octanol–water partition coefficient (Wildman–Crippen LogP) is 3.31. The van der Waals surface area contributed by atoms with Gasteiger partial charge in [-0.05, 0) is 25.5 Å². The Hall–Kier alpha value is -2.82. The molecule has 2 rings (SSSR count). The molecular weight excluding hydrogens is 294 g/mol. The normalized spacial score (nSPS) is 10.8. The Bertz CT molecular complexity index is 718. The van der Waals surface area contributed by atoms with Gasteiger partial charge in [0.25, 0.3) is 0 Å². The van der Waals surface area contributed by atoms with Gasteiger partial charge in [-0.2, -0.15) is 0 Å². The van der Waals surface area contributed by atoms with Gasteiger partial charge in [0, 0.05) is 17.6 Å². The average molecular weight is 313 g/mol. The van der Waals surface area contributed by atoms with E-state index in [-0.39, 0.29) is 11.1 Å². The number of ether oxygens (including phenoxy) is 2. The minimum atomic E-state index is -0.558. The van der Waals surface area contributed by atoms with E-state index >= 15 is 0 Å². The van der Waals surface area contributed by atoms with E-state index in [2.05, 4.69) is 0 Å². The summed E-state index contributed by atoms with van der Waals surface area (Å²) in [5.41, 5.74) is 2.73. The van der Waals surface area contributed by atoms with Crippen LogP contribution in [0, 0.1) is 13.8 Å². The molecule has 23 heavy (non-hydrogen) atoms. The fourth-order valence-electron chi connectivity index (χ4n) is 2.51. The number of methoxy groups -OCH3 is 2. The third kappa shape index (κ3) is 3.18. The number of benzene rings is 1. The van der Waals surface area contributed by atoms with E-state index in [9.17, 15) is 9.59 Å². The number of rotatable bonds is 4. The van der Waals surface area contributed by atoms with Gasteiger partial charge in [-0.15, -0.1) is 0 Å². The van der Waals surface area contributed by atoms with Crippen molar-refractivity contribution in [1.29, 1.82) is 0 Å². The lowest BCUT2D eigenvalue weighted by atomic mass is 10.1. The lowest BCUT2D eigenvalue weighted by molar-refractivity contribution is 0.0555. The molecule has 0 amide bonds. The van der Waals surface area contributed by atoms with Gasteiger partial charge in [0.15, 0.2) is 0 Å². The van der Waals surface area contributed by atoms with Crippen molar-refractivity contribution >= 4 is 24.2 Å². The van der Waals surface area contributed by atoms with Crippen molar-refractivity contribution in [1.82, 2.24) is 4.57 Å². The molecule has 0 N–H and O–H groups in total. The van der Waals surface area contributed by atoms with Crippen LogP contribution in [0.2, 0.25) is 0 Å². The molecule has 0 aliphatic rings. The molecule has 0 unspecified atom stereocenters. The molecular formula is C18H19NO4. The molecule has 0 aliphatic carbocycles. The Morgan fingerprint density at radius 3 is 1.83 bits per heavy atom. The van der Waals surface area contributed by atoms with E-state index in [1.54, 1.807) is 18.4 Å². The molecule has 1 aromatic heterocycles. The first-order valence-electron chi connectivity index (χ1n) is 7.12. The van der Waals surface area contributed by atoms with Crippen molar-refractivity contribution in [2.45, 2.75) is 13.8 Å². The van der Waals surface area contributed by atoms with Gasteiger partial charge in [0.05, 0.1) is 25.3 Å². The van der Waals surface area contributed by atoms with Gasteiger partial charge in [0.1, 0.15) is 0 Å². The third-order valence-electron chi connectivity index (χ3n) is 3.69. The van der Waals surface area contributed by atoms with Crippen LogP contribution in [0.4, 0.5) is 0 Å². The maximum absolute atomic E-state index is 12.0. The minimum absolute atomic E-state index is 0.231. The molecule has 120 valence electrons. The number of aromatic nitrogens is 1. The summed E-state index contributed by atoms with van der Waals surface area (Å²) in [4.78, 5) is 24.1. The van der Waals surface area contributed by atoms with Crippen LogP contribution in [0.15, 0.2) is 30.3 Å².